The van der Waals surface area contributed by atoms with Gasteiger partial charge in [0.15, 0.2) is 0 Å². The smallest absolute Gasteiger partial charge is 0.274 e. The predicted octanol–water partition coefficient (Wildman–Crippen LogP) is 1.99. The molecule has 0 spiro atoms. The van der Waals surface area contributed by atoms with Gasteiger partial charge in [-0.1, -0.05) is 18.2 Å². The number of nitro groups is 1. The van der Waals surface area contributed by atoms with Gasteiger partial charge in [-0.15, -0.1) is 0 Å². The number of para-hydroxylation sites is 1. The zero-order valence-corrected chi connectivity index (χ0v) is 14.1. The molecule has 1 aliphatic heterocycles. The Labute approximate surface area is 145 Å². The molecule has 0 aliphatic carbocycles. The van der Waals surface area contributed by atoms with Crippen LogP contribution in [0.2, 0.25) is 0 Å². The zero-order valence-electron chi connectivity index (χ0n) is 14.1. The molecule has 1 aromatic heterocycles. The van der Waals surface area contributed by atoms with Gasteiger partial charge in [-0.2, -0.15) is 5.10 Å². The SMILES string of the molecule is CN(Cc1ccccc1[N+](=O)[O-])C(=O)c1ccn(C2CCCNC2)n1. The molecule has 1 N–H and O–H groups in total. The van der Waals surface area contributed by atoms with Crippen LogP contribution in [0.25, 0.3) is 0 Å². The van der Waals surface area contributed by atoms with E-state index in [-0.39, 0.29) is 24.2 Å². The number of nitrogens with zero attached hydrogens (tertiary/aromatic N) is 4. The van der Waals surface area contributed by atoms with Crippen LogP contribution in [-0.4, -0.2) is 45.6 Å². The van der Waals surface area contributed by atoms with Crippen molar-refractivity contribution < 1.29 is 9.72 Å². The fourth-order valence-corrected chi connectivity index (χ4v) is 3.06. The molecular weight excluding hydrogens is 322 g/mol. The van der Waals surface area contributed by atoms with E-state index in [4.69, 9.17) is 0 Å². The van der Waals surface area contributed by atoms with E-state index in [0.29, 0.717) is 11.3 Å². The molecule has 1 atom stereocenters. The first-order chi connectivity index (χ1) is 12.1. The Hall–Kier alpha value is -2.74. The lowest BCUT2D eigenvalue weighted by Gasteiger charge is -2.23. The molecule has 25 heavy (non-hydrogen) atoms. The minimum Gasteiger partial charge on any atom is -0.336 e. The highest BCUT2D eigenvalue weighted by atomic mass is 16.6. The third kappa shape index (κ3) is 3.85. The third-order valence-electron chi connectivity index (χ3n) is 4.41. The Morgan fingerprint density at radius 2 is 2.24 bits per heavy atom. The number of nitrogens with one attached hydrogen (secondary N) is 1. The monoisotopic (exact) mass is 343 g/mol. The number of hydrogen-bond donors (Lipinski definition) is 1. The quantitative estimate of drug-likeness (QED) is 0.662. The van der Waals surface area contributed by atoms with Crippen LogP contribution in [0.15, 0.2) is 36.5 Å². The third-order valence-corrected chi connectivity index (χ3v) is 4.41. The maximum absolute atomic E-state index is 12.6. The van der Waals surface area contributed by atoms with Crippen LogP contribution in [-0.2, 0) is 6.54 Å². The molecule has 3 rings (SSSR count). The molecule has 0 radical (unpaired) electrons. The van der Waals surface area contributed by atoms with E-state index in [2.05, 4.69) is 10.4 Å². The molecule has 2 heterocycles. The average molecular weight is 343 g/mol. The van der Waals surface area contributed by atoms with Crippen LogP contribution in [0.5, 0.6) is 0 Å². The number of piperidine rings is 1. The lowest BCUT2D eigenvalue weighted by molar-refractivity contribution is -0.385. The Balaban J connectivity index is 1.71. The second-order valence-electron chi connectivity index (χ2n) is 6.23. The van der Waals surface area contributed by atoms with E-state index in [1.165, 1.54) is 11.0 Å². The van der Waals surface area contributed by atoms with E-state index in [1.807, 2.05) is 10.9 Å². The van der Waals surface area contributed by atoms with Gasteiger partial charge in [0.25, 0.3) is 11.6 Å². The molecule has 132 valence electrons. The van der Waals surface area contributed by atoms with Gasteiger partial charge >= 0.3 is 0 Å². The fraction of sp³-hybridized carbons (Fsp3) is 0.412. The van der Waals surface area contributed by atoms with Crippen molar-refractivity contribution in [2.75, 3.05) is 20.1 Å². The first-order valence-electron chi connectivity index (χ1n) is 8.30. The topological polar surface area (TPSA) is 93.3 Å². The van der Waals surface area contributed by atoms with E-state index < -0.39 is 4.92 Å². The largest absolute Gasteiger partial charge is 0.336 e. The molecule has 1 fully saturated rings. The molecule has 8 nitrogen and oxygen atoms in total. The number of carbonyl (C=O) groups excluding carboxylic acids is 1. The molecular formula is C17H21N5O3. The lowest BCUT2D eigenvalue weighted by atomic mass is 10.1. The number of carbonyl (C=O) groups is 1. The van der Waals surface area contributed by atoms with Gasteiger partial charge in [0.05, 0.1) is 17.5 Å². The van der Waals surface area contributed by atoms with Crippen LogP contribution in [0.3, 0.4) is 0 Å². The number of aromatic nitrogens is 2. The van der Waals surface area contributed by atoms with Crippen molar-refractivity contribution in [2.24, 2.45) is 0 Å². The maximum Gasteiger partial charge on any atom is 0.274 e. The molecule has 0 bridgehead atoms. The van der Waals surface area contributed by atoms with Crippen LogP contribution >= 0.6 is 0 Å². The van der Waals surface area contributed by atoms with Crippen molar-refractivity contribution in [2.45, 2.75) is 25.4 Å². The number of amides is 1. The normalized spacial score (nSPS) is 17.2. The number of hydrogen-bond acceptors (Lipinski definition) is 5. The summed E-state index contributed by atoms with van der Waals surface area (Å²) in [5.41, 5.74) is 0.867. The van der Waals surface area contributed by atoms with Crippen molar-refractivity contribution in [1.82, 2.24) is 20.0 Å². The second-order valence-corrected chi connectivity index (χ2v) is 6.23. The highest BCUT2D eigenvalue weighted by molar-refractivity contribution is 5.92. The van der Waals surface area contributed by atoms with Gasteiger partial charge < -0.3 is 10.2 Å². The second kappa shape index (κ2) is 7.43. The Morgan fingerprint density at radius 1 is 1.44 bits per heavy atom. The summed E-state index contributed by atoms with van der Waals surface area (Å²) in [5.74, 6) is -0.249. The summed E-state index contributed by atoms with van der Waals surface area (Å²) in [6.07, 6.45) is 3.95. The van der Waals surface area contributed by atoms with Crippen LogP contribution < -0.4 is 5.32 Å². The first kappa shape index (κ1) is 17.1. The van der Waals surface area contributed by atoms with Crippen LogP contribution in [0, 0.1) is 10.1 Å². The van der Waals surface area contributed by atoms with E-state index >= 15 is 0 Å². The van der Waals surface area contributed by atoms with Gasteiger partial charge in [-0.3, -0.25) is 19.6 Å². The van der Waals surface area contributed by atoms with E-state index in [1.54, 1.807) is 31.3 Å². The van der Waals surface area contributed by atoms with Crippen LogP contribution in [0.4, 0.5) is 5.69 Å². The van der Waals surface area contributed by atoms with Gasteiger partial charge in [0, 0.05) is 31.4 Å². The summed E-state index contributed by atoms with van der Waals surface area (Å²) in [7, 11) is 1.63. The number of rotatable bonds is 5. The molecule has 8 heteroatoms. The van der Waals surface area contributed by atoms with E-state index in [0.717, 1.165) is 25.9 Å². The van der Waals surface area contributed by atoms with Crippen molar-refractivity contribution in [1.29, 1.82) is 0 Å². The van der Waals surface area contributed by atoms with Gasteiger partial charge in [0.2, 0.25) is 0 Å². The minimum atomic E-state index is -0.432. The highest BCUT2D eigenvalue weighted by Gasteiger charge is 2.21. The molecule has 0 saturated carbocycles. The molecule has 2 aromatic rings. The number of benzene rings is 1. The van der Waals surface area contributed by atoms with Crippen molar-refractivity contribution in [3.8, 4) is 0 Å². The standard InChI is InChI=1S/C17H21N5O3/c1-20(12-13-5-2-3-7-16(13)22(24)25)17(23)15-8-10-21(19-15)14-6-4-9-18-11-14/h2-3,5,7-8,10,14,18H,4,6,9,11-12H2,1H3. The summed E-state index contributed by atoms with van der Waals surface area (Å²) in [5, 5.41) is 18.8. The predicted molar refractivity (Wildman–Crippen MR) is 92.3 cm³/mol. The fourth-order valence-electron chi connectivity index (χ4n) is 3.06. The summed E-state index contributed by atoms with van der Waals surface area (Å²) in [6, 6.07) is 8.41. The van der Waals surface area contributed by atoms with Crippen molar-refractivity contribution in [3.05, 3.63) is 57.9 Å². The summed E-state index contributed by atoms with van der Waals surface area (Å²) in [4.78, 5) is 24.7. The van der Waals surface area contributed by atoms with Gasteiger partial charge in [-0.05, 0) is 25.5 Å². The maximum atomic E-state index is 12.6. The molecule has 1 saturated heterocycles. The Bertz CT molecular complexity index is 767. The molecule has 1 amide bonds. The number of nitro benzene ring substituents is 1. The van der Waals surface area contributed by atoms with Gasteiger partial charge in [-0.25, -0.2) is 0 Å². The van der Waals surface area contributed by atoms with Gasteiger partial charge in [0.1, 0.15) is 5.69 Å². The lowest BCUT2D eigenvalue weighted by Crippen LogP contribution is -2.32. The summed E-state index contributed by atoms with van der Waals surface area (Å²) >= 11 is 0. The average Bonchev–Trinajstić information content (AvgIpc) is 3.12. The van der Waals surface area contributed by atoms with Crippen LogP contribution in [0.1, 0.15) is 34.9 Å². The molecule has 1 unspecified atom stereocenters. The molecule has 1 aliphatic rings. The summed E-state index contributed by atoms with van der Waals surface area (Å²) < 4.78 is 1.83. The van der Waals surface area contributed by atoms with Crippen molar-refractivity contribution >= 4 is 11.6 Å². The minimum absolute atomic E-state index is 0.0148. The Morgan fingerprint density at radius 3 is 2.96 bits per heavy atom. The zero-order chi connectivity index (χ0) is 17.8. The van der Waals surface area contributed by atoms with Crippen molar-refractivity contribution in [3.63, 3.8) is 0 Å². The highest BCUT2D eigenvalue weighted by Crippen LogP contribution is 2.20. The summed E-state index contributed by atoms with van der Waals surface area (Å²) in [6.45, 7) is 2.03. The first-order valence-corrected chi connectivity index (χ1v) is 8.30. The van der Waals surface area contributed by atoms with E-state index in [9.17, 15) is 14.9 Å². The Kier molecular flexibility index (Phi) is 5.08. The molecule has 1 aromatic carbocycles.